The minimum Gasteiger partial charge on any atom is -0.466 e. The van der Waals surface area contributed by atoms with Gasteiger partial charge in [0.25, 0.3) is 0 Å². The molecule has 0 radical (unpaired) electrons. The second-order valence-electron chi connectivity index (χ2n) is 7.17. The number of allylic oxidation sites excluding steroid dienone is 3. The molecule has 0 aliphatic carbocycles. The average Bonchev–Trinajstić information content (AvgIpc) is 2.37. The molecule has 0 saturated carbocycles. The van der Waals surface area contributed by atoms with Crippen LogP contribution < -0.4 is 0 Å². The van der Waals surface area contributed by atoms with Gasteiger partial charge in [0.15, 0.2) is 5.92 Å². The van der Waals surface area contributed by atoms with Crippen molar-refractivity contribution in [3.8, 4) is 0 Å². The lowest BCUT2D eigenvalue weighted by atomic mass is 10.0. The minimum atomic E-state index is -1.06. The number of carbonyl (C=O) groups is 3. The molecule has 0 aromatic rings. The molecule has 0 N–H and O–H groups in total. The lowest BCUT2D eigenvalue weighted by molar-refractivity contribution is -0.174. The van der Waals surface area contributed by atoms with Crippen molar-refractivity contribution in [2.45, 2.75) is 59.2 Å². The van der Waals surface area contributed by atoms with Crippen molar-refractivity contribution in [1.29, 1.82) is 0 Å². The Bertz CT molecular complexity index is 475. The van der Waals surface area contributed by atoms with Gasteiger partial charge in [0.05, 0.1) is 7.11 Å². The lowest BCUT2D eigenvalue weighted by Gasteiger charge is -2.25. The minimum absolute atomic E-state index is 0.106. The summed E-state index contributed by atoms with van der Waals surface area (Å²) in [6, 6.07) is 0. The van der Waals surface area contributed by atoms with E-state index in [0.717, 1.165) is 0 Å². The van der Waals surface area contributed by atoms with Crippen molar-refractivity contribution in [2.75, 3.05) is 7.11 Å². The molecule has 0 aliphatic heterocycles. The summed E-state index contributed by atoms with van der Waals surface area (Å²) in [4.78, 5) is 35.5. The van der Waals surface area contributed by atoms with Gasteiger partial charge < -0.3 is 14.2 Å². The SMILES string of the molecule is COC(=O)/C=C/C=C/CC(C(=O)OC(C)(C)C)C(=O)OC(C)(C)C. The van der Waals surface area contributed by atoms with E-state index >= 15 is 0 Å². The predicted octanol–water partition coefficient (Wildman–Crippen LogP) is 2.96. The Morgan fingerprint density at radius 1 is 0.875 bits per heavy atom. The van der Waals surface area contributed by atoms with Crippen LogP contribution in [0.15, 0.2) is 24.3 Å². The maximum atomic E-state index is 12.3. The Kier molecular flexibility index (Phi) is 8.44. The van der Waals surface area contributed by atoms with E-state index in [-0.39, 0.29) is 6.42 Å². The molecule has 0 unspecified atom stereocenters. The van der Waals surface area contributed by atoms with Crippen molar-refractivity contribution in [3.05, 3.63) is 24.3 Å². The van der Waals surface area contributed by atoms with Crippen LogP contribution >= 0.6 is 0 Å². The Hall–Kier alpha value is -2.11. The normalized spacial score (nSPS) is 12.7. The maximum Gasteiger partial charge on any atom is 0.330 e. The first-order valence-electron chi connectivity index (χ1n) is 7.72. The van der Waals surface area contributed by atoms with Gasteiger partial charge in [-0.3, -0.25) is 9.59 Å². The number of rotatable bonds is 6. The second-order valence-corrected chi connectivity index (χ2v) is 7.17. The molecular formula is C18H28O6. The number of ether oxygens (including phenoxy) is 3. The van der Waals surface area contributed by atoms with E-state index in [4.69, 9.17) is 9.47 Å². The van der Waals surface area contributed by atoms with Crippen LogP contribution in [0.3, 0.4) is 0 Å². The third-order valence-corrected chi connectivity index (χ3v) is 2.44. The zero-order chi connectivity index (χ0) is 19.0. The largest absolute Gasteiger partial charge is 0.466 e. The molecule has 0 aromatic carbocycles. The third-order valence-electron chi connectivity index (χ3n) is 2.44. The van der Waals surface area contributed by atoms with Gasteiger partial charge in [-0.15, -0.1) is 0 Å². The highest BCUT2D eigenvalue weighted by molar-refractivity contribution is 5.95. The Balaban J connectivity index is 5.02. The summed E-state index contributed by atoms with van der Waals surface area (Å²) in [5.74, 6) is -2.83. The molecule has 24 heavy (non-hydrogen) atoms. The molecule has 6 heteroatoms. The van der Waals surface area contributed by atoms with Crippen LogP contribution in [-0.2, 0) is 28.6 Å². The summed E-state index contributed by atoms with van der Waals surface area (Å²) in [6.45, 7) is 10.4. The predicted molar refractivity (Wildman–Crippen MR) is 90.1 cm³/mol. The van der Waals surface area contributed by atoms with E-state index < -0.39 is 35.0 Å². The second kappa shape index (κ2) is 9.25. The van der Waals surface area contributed by atoms with E-state index in [1.807, 2.05) is 0 Å². The van der Waals surface area contributed by atoms with E-state index in [0.29, 0.717) is 0 Å². The van der Waals surface area contributed by atoms with Gasteiger partial charge in [-0.1, -0.05) is 18.2 Å². The summed E-state index contributed by atoms with van der Waals surface area (Å²) >= 11 is 0. The number of hydrogen-bond acceptors (Lipinski definition) is 6. The Morgan fingerprint density at radius 3 is 1.71 bits per heavy atom. The molecule has 0 atom stereocenters. The van der Waals surface area contributed by atoms with Gasteiger partial charge in [-0.05, 0) is 48.0 Å². The van der Waals surface area contributed by atoms with Crippen molar-refractivity contribution in [3.63, 3.8) is 0 Å². The smallest absolute Gasteiger partial charge is 0.330 e. The van der Waals surface area contributed by atoms with E-state index in [1.165, 1.54) is 19.3 Å². The van der Waals surface area contributed by atoms with Gasteiger partial charge in [-0.25, -0.2) is 4.79 Å². The van der Waals surface area contributed by atoms with E-state index in [9.17, 15) is 14.4 Å². The number of methoxy groups -OCH3 is 1. The highest BCUT2D eigenvalue weighted by atomic mass is 16.6. The lowest BCUT2D eigenvalue weighted by Crippen LogP contribution is -2.36. The highest BCUT2D eigenvalue weighted by Gasteiger charge is 2.33. The maximum absolute atomic E-state index is 12.3. The van der Waals surface area contributed by atoms with E-state index in [1.54, 1.807) is 53.7 Å². The van der Waals surface area contributed by atoms with Crippen LogP contribution in [0.1, 0.15) is 48.0 Å². The molecule has 0 fully saturated rings. The topological polar surface area (TPSA) is 78.9 Å². The van der Waals surface area contributed by atoms with Crippen LogP contribution in [0.25, 0.3) is 0 Å². The van der Waals surface area contributed by atoms with Crippen molar-refractivity contribution in [1.82, 2.24) is 0 Å². The van der Waals surface area contributed by atoms with Crippen LogP contribution in [0.5, 0.6) is 0 Å². The first-order valence-corrected chi connectivity index (χ1v) is 7.72. The highest BCUT2D eigenvalue weighted by Crippen LogP contribution is 2.19. The van der Waals surface area contributed by atoms with Gasteiger partial charge in [0.2, 0.25) is 0 Å². The molecule has 0 amide bonds. The molecule has 0 aliphatic rings. The van der Waals surface area contributed by atoms with Gasteiger partial charge in [-0.2, -0.15) is 0 Å². The summed E-state index contributed by atoms with van der Waals surface area (Å²) < 4.78 is 15.0. The van der Waals surface area contributed by atoms with E-state index in [2.05, 4.69) is 4.74 Å². The number of hydrogen-bond donors (Lipinski definition) is 0. The first-order chi connectivity index (χ1) is 10.9. The zero-order valence-electron chi connectivity index (χ0n) is 15.5. The molecule has 0 rings (SSSR count). The molecule has 0 spiro atoms. The fourth-order valence-corrected chi connectivity index (χ4v) is 1.53. The van der Waals surface area contributed by atoms with Crippen molar-refractivity contribution >= 4 is 17.9 Å². The van der Waals surface area contributed by atoms with Crippen LogP contribution in [0.2, 0.25) is 0 Å². The van der Waals surface area contributed by atoms with Crippen LogP contribution in [0.4, 0.5) is 0 Å². The van der Waals surface area contributed by atoms with Crippen molar-refractivity contribution < 1.29 is 28.6 Å². The Labute approximate surface area is 143 Å². The number of esters is 3. The summed E-state index contributed by atoms with van der Waals surface area (Å²) in [6.07, 6.45) is 5.95. The van der Waals surface area contributed by atoms with Gasteiger partial charge in [0.1, 0.15) is 11.2 Å². The Morgan fingerprint density at radius 2 is 1.33 bits per heavy atom. The molecule has 0 heterocycles. The molecule has 6 nitrogen and oxygen atoms in total. The average molecular weight is 340 g/mol. The van der Waals surface area contributed by atoms with Gasteiger partial charge in [0, 0.05) is 6.08 Å². The monoisotopic (exact) mass is 340 g/mol. The molecule has 0 saturated heterocycles. The summed E-state index contributed by atoms with van der Waals surface area (Å²) in [7, 11) is 1.28. The third kappa shape index (κ3) is 10.6. The molecule has 0 aromatic heterocycles. The zero-order valence-corrected chi connectivity index (χ0v) is 15.5. The van der Waals surface area contributed by atoms with Gasteiger partial charge >= 0.3 is 17.9 Å². The standard InChI is InChI=1S/C18H28O6/c1-17(2,3)23-15(20)13(16(21)24-18(4,5)6)11-9-8-10-12-14(19)22-7/h8-10,12-13H,11H2,1-7H3/b9-8+,12-10+. The fraction of sp³-hybridized carbons (Fsp3) is 0.611. The quantitative estimate of drug-likeness (QED) is 0.243. The summed E-state index contributed by atoms with van der Waals surface area (Å²) in [5, 5.41) is 0. The summed E-state index contributed by atoms with van der Waals surface area (Å²) in [5.41, 5.74) is -1.41. The molecule has 136 valence electrons. The fourth-order valence-electron chi connectivity index (χ4n) is 1.53. The number of carbonyl (C=O) groups excluding carboxylic acids is 3. The molecule has 0 bridgehead atoms. The van der Waals surface area contributed by atoms with Crippen LogP contribution in [0, 0.1) is 5.92 Å². The van der Waals surface area contributed by atoms with Crippen LogP contribution in [-0.4, -0.2) is 36.2 Å². The molecular weight excluding hydrogens is 312 g/mol. The first kappa shape index (κ1) is 21.9. The van der Waals surface area contributed by atoms with Crippen molar-refractivity contribution in [2.24, 2.45) is 5.92 Å².